The molecular formula is C17H20FN5O. The third kappa shape index (κ3) is 2.92. The summed E-state index contributed by atoms with van der Waals surface area (Å²) in [5.41, 5.74) is 7.71. The van der Waals surface area contributed by atoms with E-state index >= 15 is 0 Å². The molecule has 1 saturated heterocycles. The first kappa shape index (κ1) is 15.3. The molecule has 1 aliphatic carbocycles. The number of amides is 1. The number of aromatic nitrogens is 2. The molecule has 2 aliphatic rings. The van der Waals surface area contributed by atoms with Crippen molar-refractivity contribution in [2.45, 2.75) is 31.3 Å². The van der Waals surface area contributed by atoms with E-state index in [1.165, 1.54) is 25.0 Å². The lowest BCUT2D eigenvalue weighted by Crippen LogP contribution is -2.40. The van der Waals surface area contributed by atoms with Gasteiger partial charge < -0.3 is 9.88 Å². The molecule has 1 saturated carbocycles. The summed E-state index contributed by atoms with van der Waals surface area (Å²) in [7, 11) is 1.82. The number of hydrazine groups is 1. The molecule has 2 aromatic rings. The highest BCUT2D eigenvalue weighted by atomic mass is 19.1. The van der Waals surface area contributed by atoms with E-state index in [2.05, 4.69) is 21.2 Å². The predicted molar refractivity (Wildman–Crippen MR) is 88.4 cm³/mol. The van der Waals surface area contributed by atoms with Crippen LogP contribution in [0.5, 0.6) is 0 Å². The minimum absolute atomic E-state index is 0.0855. The second-order valence-electron chi connectivity index (χ2n) is 6.57. The highest BCUT2D eigenvalue weighted by Gasteiger charge is 2.39. The molecule has 2 heterocycles. The standard InChI is InChI=1S/C17H20FN5O/c1-23-9-19-15(11-4-6-12(18)7-5-11)16(23)20-17(24)14-8-13(21-22-14)10-2-3-10/h4-7,9-10,13-14,21-22H,2-3,8H2,1H3,(H,20,24). The van der Waals surface area contributed by atoms with Crippen molar-refractivity contribution in [3.63, 3.8) is 0 Å². The highest BCUT2D eigenvalue weighted by molar-refractivity contribution is 5.97. The third-order valence-corrected chi connectivity index (χ3v) is 4.74. The van der Waals surface area contributed by atoms with Gasteiger partial charge in [0, 0.05) is 18.7 Å². The van der Waals surface area contributed by atoms with Crippen molar-refractivity contribution < 1.29 is 9.18 Å². The average molecular weight is 329 g/mol. The Hall–Kier alpha value is -2.25. The second-order valence-corrected chi connectivity index (χ2v) is 6.57. The van der Waals surface area contributed by atoms with Crippen molar-refractivity contribution in [1.29, 1.82) is 0 Å². The van der Waals surface area contributed by atoms with Crippen LogP contribution in [0.4, 0.5) is 10.2 Å². The van der Waals surface area contributed by atoms with E-state index in [4.69, 9.17) is 0 Å². The van der Waals surface area contributed by atoms with Gasteiger partial charge in [0.25, 0.3) is 0 Å². The van der Waals surface area contributed by atoms with E-state index in [0.717, 1.165) is 12.0 Å². The molecule has 6 nitrogen and oxygen atoms in total. The van der Waals surface area contributed by atoms with E-state index in [0.29, 0.717) is 23.5 Å². The van der Waals surface area contributed by atoms with Gasteiger partial charge >= 0.3 is 0 Å². The van der Waals surface area contributed by atoms with Crippen LogP contribution < -0.4 is 16.2 Å². The minimum atomic E-state index is -0.299. The number of aryl methyl sites for hydroxylation is 1. The Morgan fingerprint density at radius 3 is 2.75 bits per heavy atom. The van der Waals surface area contributed by atoms with Crippen LogP contribution in [0.3, 0.4) is 0 Å². The summed E-state index contributed by atoms with van der Waals surface area (Å²) in [4.78, 5) is 16.9. The Bertz CT molecular complexity index is 753. The summed E-state index contributed by atoms with van der Waals surface area (Å²) in [6.45, 7) is 0. The molecule has 1 aliphatic heterocycles. The van der Waals surface area contributed by atoms with Crippen molar-refractivity contribution in [2.24, 2.45) is 13.0 Å². The Morgan fingerprint density at radius 1 is 1.29 bits per heavy atom. The number of halogens is 1. The number of benzene rings is 1. The monoisotopic (exact) mass is 329 g/mol. The molecule has 7 heteroatoms. The number of nitrogens with zero attached hydrogens (tertiary/aromatic N) is 2. The minimum Gasteiger partial charge on any atom is -0.320 e. The molecule has 1 aromatic heterocycles. The topological polar surface area (TPSA) is 71.0 Å². The average Bonchev–Trinajstić information content (AvgIpc) is 3.20. The first-order valence-electron chi connectivity index (χ1n) is 8.21. The molecule has 4 rings (SSSR count). The zero-order valence-electron chi connectivity index (χ0n) is 13.4. The normalized spacial score (nSPS) is 23.4. The highest BCUT2D eigenvalue weighted by Crippen LogP contribution is 2.36. The van der Waals surface area contributed by atoms with Crippen LogP contribution in [-0.2, 0) is 11.8 Å². The largest absolute Gasteiger partial charge is 0.320 e. The lowest BCUT2D eigenvalue weighted by molar-refractivity contribution is -0.117. The molecule has 1 amide bonds. The molecule has 1 aromatic carbocycles. The lowest BCUT2D eigenvalue weighted by atomic mass is 10.1. The number of nitrogens with one attached hydrogen (secondary N) is 3. The van der Waals surface area contributed by atoms with E-state index in [9.17, 15) is 9.18 Å². The third-order valence-electron chi connectivity index (χ3n) is 4.74. The smallest absolute Gasteiger partial charge is 0.244 e. The predicted octanol–water partition coefficient (Wildman–Crippen LogP) is 1.81. The Labute approximate surface area is 139 Å². The SMILES string of the molecule is Cn1cnc(-c2ccc(F)cc2)c1NC(=O)C1CC(C2CC2)NN1. The molecule has 2 atom stereocenters. The van der Waals surface area contributed by atoms with E-state index < -0.39 is 0 Å². The summed E-state index contributed by atoms with van der Waals surface area (Å²) in [6.07, 6.45) is 4.91. The van der Waals surface area contributed by atoms with Crippen LogP contribution in [0.15, 0.2) is 30.6 Å². The summed E-state index contributed by atoms with van der Waals surface area (Å²) in [5.74, 6) is 0.926. The van der Waals surface area contributed by atoms with E-state index in [1.807, 2.05) is 7.05 Å². The van der Waals surface area contributed by atoms with Crippen LogP contribution in [-0.4, -0.2) is 27.5 Å². The van der Waals surface area contributed by atoms with Crippen LogP contribution in [0.2, 0.25) is 0 Å². The first-order valence-corrected chi connectivity index (χ1v) is 8.21. The fraction of sp³-hybridized carbons (Fsp3) is 0.412. The van der Waals surface area contributed by atoms with Gasteiger partial charge in [0.2, 0.25) is 5.91 Å². The first-order chi connectivity index (χ1) is 11.6. The quantitative estimate of drug-likeness (QED) is 0.800. The van der Waals surface area contributed by atoms with E-state index in [1.54, 1.807) is 23.0 Å². The summed E-state index contributed by atoms with van der Waals surface area (Å²) >= 11 is 0. The number of hydrogen-bond acceptors (Lipinski definition) is 4. The number of imidazole rings is 1. The fourth-order valence-electron chi connectivity index (χ4n) is 3.16. The van der Waals surface area contributed by atoms with Crippen LogP contribution in [0, 0.1) is 11.7 Å². The maximum absolute atomic E-state index is 13.1. The van der Waals surface area contributed by atoms with Gasteiger partial charge in [0.1, 0.15) is 23.4 Å². The van der Waals surface area contributed by atoms with Crippen molar-refractivity contribution in [2.75, 3.05) is 5.32 Å². The number of carbonyl (C=O) groups excluding carboxylic acids is 1. The molecule has 3 N–H and O–H groups in total. The van der Waals surface area contributed by atoms with Gasteiger partial charge in [0.15, 0.2) is 0 Å². The maximum atomic E-state index is 13.1. The fourth-order valence-corrected chi connectivity index (χ4v) is 3.16. The van der Waals surface area contributed by atoms with Gasteiger partial charge in [-0.1, -0.05) is 0 Å². The van der Waals surface area contributed by atoms with Crippen molar-refractivity contribution in [3.05, 3.63) is 36.4 Å². The molecule has 2 fully saturated rings. The molecule has 2 unspecified atom stereocenters. The zero-order valence-corrected chi connectivity index (χ0v) is 13.4. The molecule has 126 valence electrons. The molecular weight excluding hydrogens is 309 g/mol. The zero-order chi connectivity index (χ0) is 16.7. The summed E-state index contributed by atoms with van der Waals surface area (Å²) in [5, 5.41) is 2.96. The van der Waals surface area contributed by atoms with Crippen LogP contribution in [0.1, 0.15) is 19.3 Å². The molecule has 0 spiro atoms. The van der Waals surface area contributed by atoms with Gasteiger partial charge in [-0.05, 0) is 49.4 Å². The van der Waals surface area contributed by atoms with Crippen molar-refractivity contribution in [3.8, 4) is 11.3 Å². The summed E-state index contributed by atoms with van der Waals surface area (Å²) < 4.78 is 14.9. The maximum Gasteiger partial charge on any atom is 0.244 e. The number of anilines is 1. The van der Waals surface area contributed by atoms with Crippen molar-refractivity contribution in [1.82, 2.24) is 20.4 Å². The number of carbonyl (C=O) groups is 1. The Kier molecular flexibility index (Phi) is 3.82. The molecule has 0 radical (unpaired) electrons. The summed E-state index contributed by atoms with van der Waals surface area (Å²) in [6, 6.07) is 6.21. The van der Waals surface area contributed by atoms with E-state index in [-0.39, 0.29) is 17.8 Å². The molecule has 24 heavy (non-hydrogen) atoms. The number of hydrogen-bond donors (Lipinski definition) is 3. The van der Waals surface area contributed by atoms with Gasteiger partial charge in [-0.25, -0.2) is 14.8 Å². The van der Waals surface area contributed by atoms with Crippen molar-refractivity contribution >= 4 is 11.7 Å². The second kappa shape index (κ2) is 5.99. The lowest BCUT2D eigenvalue weighted by Gasteiger charge is -2.12. The van der Waals surface area contributed by atoms with Crippen LogP contribution >= 0.6 is 0 Å². The molecule has 0 bridgehead atoms. The Morgan fingerprint density at radius 2 is 2.04 bits per heavy atom. The van der Waals surface area contributed by atoms with Gasteiger partial charge in [-0.2, -0.15) is 0 Å². The van der Waals surface area contributed by atoms with Gasteiger partial charge in [-0.3, -0.25) is 10.2 Å². The van der Waals surface area contributed by atoms with Gasteiger partial charge in [0.05, 0.1) is 6.33 Å². The van der Waals surface area contributed by atoms with Crippen LogP contribution in [0.25, 0.3) is 11.3 Å². The Balaban J connectivity index is 1.51. The van der Waals surface area contributed by atoms with Gasteiger partial charge in [-0.15, -0.1) is 0 Å². The number of rotatable bonds is 4.